The quantitative estimate of drug-likeness (QED) is 0.0375. The number of rotatable bonds is 14. The van der Waals surface area contributed by atoms with E-state index in [1.165, 1.54) is 79.4 Å². The van der Waals surface area contributed by atoms with Crippen molar-refractivity contribution in [3.8, 4) is 62.1 Å². The molecule has 0 saturated heterocycles. The smallest absolute Gasteiger partial charge is 1.00 e. The maximum atomic E-state index is 12.3. The Morgan fingerprint density at radius 1 is 0.330 bits per heavy atom. The summed E-state index contributed by atoms with van der Waals surface area (Å²) >= 11 is 6.60. The number of aromatic hydroxyl groups is 1. The number of ether oxygens (including phenoxy) is 2. The Morgan fingerprint density at radius 3 is 0.890 bits per heavy atom. The normalized spacial score (nSPS) is 12.7. The first-order chi connectivity index (χ1) is 51.8. The van der Waals surface area contributed by atoms with Gasteiger partial charge in [-0.25, -0.2) is 8.78 Å². The summed E-state index contributed by atoms with van der Waals surface area (Å²) in [6.07, 6.45) is 0. The molecule has 0 unspecified atom stereocenters. The van der Waals surface area contributed by atoms with E-state index >= 15 is 0 Å². The van der Waals surface area contributed by atoms with E-state index in [2.05, 4.69) is 360 Å². The van der Waals surface area contributed by atoms with E-state index in [0.717, 1.165) is 72.7 Å². The molecule has 15 heteroatoms. The summed E-state index contributed by atoms with van der Waals surface area (Å²) in [7, 11) is 0. The van der Waals surface area contributed by atoms with Crippen LogP contribution in [0.15, 0.2) is 337 Å². The minimum absolute atomic E-state index is 0. The molecule has 0 saturated carbocycles. The second-order valence-corrected chi connectivity index (χ2v) is 29.3. The van der Waals surface area contributed by atoms with Crippen LogP contribution in [0.3, 0.4) is 0 Å². The topological polar surface area (TPSA) is 97.8 Å². The molecule has 14 aromatic rings. The maximum Gasteiger partial charge on any atom is 1.00 e. The molecule has 0 radical (unpaired) electrons. The Bertz CT molecular complexity index is 5210. The maximum absolute atomic E-state index is 12.3. The van der Waals surface area contributed by atoms with Gasteiger partial charge in [0.05, 0.1) is 4.47 Å². The number of hydrogen-bond acceptors (Lipinski definition) is 9. The van der Waals surface area contributed by atoms with E-state index in [-0.39, 0.29) is 131 Å². The molecule has 14 aromatic carbocycles. The van der Waals surface area contributed by atoms with Crippen LogP contribution in [0.2, 0.25) is 0 Å². The summed E-state index contributed by atoms with van der Waals surface area (Å²) in [5.41, 5.74) is 24.4. The summed E-state index contributed by atoms with van der Waals surface area (Å²) in [4.78, 5) is 18.2. The first-order valence-electron chi connectivity index (χ1n) is 35.1. The number of hydrogen-bond donors (Lipinski definition) is 1. The summed E-state index contributed by atoms with van der Waals surface area (Å²) < 4.78 is 38.6. The minimum atomic E-state index is -0.574. The van der Waals surface area contributed by atoms with Gasteiger partial charge in [-0.2, -0.15) is 0 Å². The van der Waals surface area contributed by atoms with Crippen molar-refractivity contribution in [1.29, 1.82) is 0 Å². The van der Waals surface area contributed by atoms with E-state index in [0.29, 0.717) is 17.2 Å². The van der Waals surface area contributed by atoms with Gasteiger partial charge in [-0.3, -0.25) is 4.79 Å². The monoisotopic (exact) mass is 1620 g/mol. The van der Waals surface area contributed by atoms with Gasteiger partial charge in [0.15, 0.2) is 0 Å². The summed E-state index contributed by atoms with van der Waals surface area (Å²) in [6.45, 7) is 13.6. The molecule has 0 aliphatic heterocycles. The van der Waals surface area contributed by atoms with Crippen LogP contribution in [0, 0.1) is 11.6 Å². The van der Waals surface area contributed by atoms with Gasteiger partial charge in [-0.05, 0) is 268 Å². The molecule has 0 fully saturated rings. The fourth-order valence-electron chi connectivity index (χ4n) is 14.9. The molecule has 109 heavy (non-hydrogen) atoms. The first-order valence-corrected chi connectivity index (χ1v) is 36.7. The minimum Gasteiger partial charge on any atom is -1.00 e. The van der Waals surface area contributed by atoms with Crippen molar-refractivity contribution in [2.75, 3.05) is 14.7 Å². The molecule has 0 heterocycles. The number of benzene rings is 14. The molecule has 3 aliphatic carbocycles. The number of fused-ring (bicyclic) bond motifs is 9. The third kappa shape index (κ3) is 16.6. The van der Waals surface area contributed by atoms with Crippen LogP contribution in [-0.4, -0.2) is 11.6 Å². The predicted octanol–water partition coefficient (Wildman–Crippen LogP) is 20.0. The largest absolute Gasteiger partial charge is 1.00 e. The molecule has 17 rings (SSSR count). The zero-order valence-corrected chi connectivity index (χ0v) is 71.0. The second-order valence-electron chi connectivity index (χ2n) is 27.7. The van der Waals surface area contributed by atoms with E-state index < -0.39 is 11.6 Å². The van der Waals surface area contributed by atoms with Crippen molar-refractivity contribution in [1.82, 2.24) is 0 Å². The Labute approximate surface area is 739 Å². The Morgan fingerprint density at radius 2 is 0.606 bits per heavy atom. The molecular formula is C94H75Br2F2K2N3O6. The molecular weight excluding hydrogens is 1540 g/mol. The van der Waals surface area contributed by atoms with Gasteiger partial charge < -0.3 is 40.9 Å². The zero-order chi connectivity index (χ0) is 74.6. The Hall–Kier alpha value is -8.60. The van der Waals surface area contributed by atoms with Crippen LogP contribution < -0.4 is 132 Å². The molecule has 0 aromatic heterocycles. The second kappa shape index (κ2) is 34.8. The van der Waals surface area contributed by atoms with Crippen LogP contribution in [0.25, 0.3) is 33.4 Å². The summed E-state index contributed by atoms with van der Waals surface area (Å²) in [6, 6.07) is 112. The van der Waals surface area contributed by atoms with Crippen LogP contribution in [0.4, 0.5) is 60.0 Å². The number of carbonyl (C=O) groups excluding carboxylic acids is 1. The fraction of sp³-hybridized carbons (Fsp3) is 0.0957. The number of halogens is 4. The van der Waals surface area contributed by atoms with Crippen LogP contribution in [-0.2, 0) is 25.9 Å². The zero-order valence-electron chi connectivity index (χ0n) is 62.6. The number of phenols is 1. The summed E-state index contributed by atoms with van der Waals surface area (Å²) in [5, 5.41) is 18.5. The molecule has 0 amide bonds. The predicted molar refractivity (Wildman–Crippen MR) is 434 cm³/mol. The average Bonchev–Trinajstić information content (AvgIpc) is 1.59. The summed E-state index contributed by atoms with van der Waals surface area (Å²) in [5.74, 6) is 2.05. The van der Waals surface area contributed by atoms with Crippen LogP contribution >= 0.6 is 31.9 Å². The molecule has 1 N–H and O–H groups in total. The molecule has 3 aliphatic rings. The van der Waals surface area contributed by atoms with Gasteiger partial charge in [0.2, 0.25) is 0 Å². The van der Waals surface area contributed by atoms with E-state index in [4.69, 9.17) is 19.5 Å². The van der Waals surface area contributed by atoms with E-state index in [9.17, 15) is 13.9 Å². The molecule has 0 spiro atoms. The number of carbonyl (C=O) groups is 1. The third-order valence-electron chi connectivity index (χ3n) is 20.1. The van der Waals surface area contributed by atoms with E-state index in [1.807, 2.05) is 36.4 Å². The van der Waals surface area contributed by atoms with Crippen LogP contribution in [0.1, 0.15) is 76.3 Å². The number of phenolic OH excluding ortho intramolecular Hbond substituents is 1. The Balaban J connectivity index is 0.000000219. The van der Waals surface area contributed by atoms with Crippen molar-refractivity contribution in [3.05, 3.63) is 382 Å². The van der Waals surface area contributed by atoms with Gasteiger partial charge in [-0.1, -0.05) is 199 Å². The van der Waals surface area contributed by atoms with Crippen LogP contribution in [0.5, 0.6) is 28.7 Å². The van der Waals surface area contributed by atoms with Gasteiger partial charge in [-0.15, -0.1) is 0 Å². The van der Waals surface area contributed by atoms with Gasteiger partial charge in [0.25, 0.3) is 6.47 Å². The SMILES string of the molecule is CC1(C)c2ccc(O)cc2-c2ccc(N(c3ccccc3)c3ccccc3)cc21.CC1(C)c2ccc(Oc3cccc(Oc4ccc5c(c4)-c4ccc(N(c6ccccc6)c6ccccc6)cc4C5(C)C)c3Br)cc2-c2ccc(N(c3ccccc3)c3ccccc3)cc21.Fc1cccc(F)c1Br.O=CO[O-].[H-].[K+].[K+]. The van der Waals surface area contributed by atoms with Crippen molar-refractivity contribution >= 4 is 89.5 Å². The Kier molecular flexibility index (Phi) is 25.5. The van der Waals surface area contributed by atoms with Crippen molar-refractivity contribution in [2.45, 2.75) is 57.8 Å². The first kappa shape index (κ1) is 79.9. The van der Waals surface area contributed by atoms with Gasteiger partial charge >= 0.3 is 103 Å². The van der Waals surface area contributed by atoms with Crippen molar-refractivity contribution in [2.24, 2.45) is 0 Å². The third-order valence-corrected chi connectivity index (χ3v) is 21.6. The standard InChI is InChI=1S/C60H47BrN2O2.C27H23NO.C6H3BrF2.CH2O3.2K.H/c1-59(2)52-34-30-46(38-50(52)48-32-28-44(36-54(48)59)62(40-18-9-5-10-19-40)41-20-11-6-12-21-41)64-56-26-17-27-57(58(56)61)65-47-31-35-53-51(39-47)49-33-29-45(37-55(49)60(53,3)4)63(42-22-13-7-14-23-42)43-24-15-8-16-25-43;1-27(2)25-16-14-22(29)18-24(25)23-15-13-21(17-26(23)27)28(19-9-5-3-6-10-19)20-11-7-4-8-12-20;7-6-4(8)2-1-3-5(6)9;2-1-4-3;;;/h5-39H,1-4H3;3-18,29H,1-2H3;1-3H;1,3H;;;/q;;;;2*+1;-1/p-1. The number of para-hydroxylation sites is 6. The van der Waals surface area contributed by atoms with Gasteiger partial charge in [0, 0.05) is 67.4 Å². The molecule has 0 bridgehead atoms. The van der Waals surface area contributed by atoms with Gasteiger partial charge in [0.1, 0.15) is 44.9 Å². The average molecular weight is 1620 g/mol. The van der Waals surface area contributed by atoms with Crippen molar-refractivity contribution < 1.29 is 142 Å². The molecule has 9 nitrogen and oxygen atoms in total. The number of anilines is 9. The fourth-order valence-corrected chi connectivity index (χ4v) is 15.6. The van der Waals surface area contributed by atoms with E-state index in [1.54, 1.807) is 6.07 Å². The molecule has 0 atom stereocenters. The van der Waals surface area contributed by atoms with Crippen molar-refractivity contribution in [3.63, 3.8) is 0 Å². The molecule has 532 valence electrons. The number of nitrogens with zero attached hydrogens (tertiary/aromatic N) is 3.